The Morgan fingerprint density at radius 2 is 1.67 bits per heavy atom. The van der Waals surface area contributed by atoms with Crippen molar-refractivity contribution in [1.29, 1.82) is 0 Å². The maximum absolute atomic E-state index is 10.7. The van der Waals surface area contributed by atoms with E-state index in [9.17, 15) is 9.59 Å². The highest BCUT2D eigenvalue weighted by atomic mass is 16.2. The van der Waals surface area contributed by atoms with Crippen molar-refractivity contribution in [2.75, 3.05) is 20.3 Å². The summed E-state index contributed by atoms with van der Waals surface area (Å²) in [6, 6.07) is -0.624. The Bertz CT molecular complexity index is 160. The van der Waals surface area contributed by atoms with Crippen LogP contribution in [0.25, 0.3) is 0 Å². The van der Waals surface area contributed by atoms with Gasteiger partial charge in [0.1, 0.15) is 0 Å². The van der Waals surface area contributed by atoms with E-state index in [0.717, 1.165) is 0 Å². The van der Waals surface area contributed by atoms with E-state index in [0.29, 0.717) is 6.54 Å². The second-order valence-corrected chi connectivity index (χ2v) is 1.97. The Morgan fingerprint density at radius 1 is 1.08 bits per heavy atom. The highest BCUT2D eigenvalue weighted by Gasteiger charge is 1.97. The second-order valence-electron chi connectivity index (χ2n) is 1.97. The topological polar surface area (TPSA) is 82.3 Å². The average Bonchev–Trinajstić information content (AvgIpc) is 2.04. The third kappa shape index (κ3) is 5.33. The van der Waals surface area contributed by atoms with Crippen LogP contribution in [-0.2, 0) is 0 Å². The Hall–Kier alpha value is -1.46. The summed E-state index contributed by atoms with van der Waals surface area (Å²) in [4.78, 5) is 21.3. The molecule has 0 radical (unpaired) electrons. The molecule has 0 unspecified atom stereocenters. The molecule has 0 spiro atoms. The lowest BCUT2D eigenvalue weighted by Gasteiger charge is -2.06. The molecule has 0 heterocycles. The highest BCUT2D eigenvalue weighted by Crippen LogP contribution is 1.62. The molecular formula is C6H14N4O2. The van der Waals surface area contributed by atoms with E-state index in [2.05, 4.69) is 21.3 Å². The fourth-order valence-corrected chi connectivity index (χ4v) is 0.516. The van der Waals surface area contributed by atoms with Gasteiger partial charge in [0.25, 0.3) is 0 Å². The van der Waals surface area contributed by atoms with E-state index in [-0.39, 0.29) is 18.7 Å². The van der Waals surface area contributed by atoms with E-state index < -0.39 is 0 Å². The summed E-state index contributed by atoms with van der Waals surface area (Å²) in [6.45, 7) is 2.49. The van der Waals surface area contributed by atoms with Crippen LogP contribution in [0.1, 0.15) is 6.92 Å². The zero-order valence-electron chi connectivity index (χ0n) is 7.23. The Kier molecular flexibility index (Phi) is 5.50. The van der Waals surface area contributed by atoms with E-state index in [1.807, 2.05) is 6.92 Å². The molecule has 0 bridgehead atoms. The minimum Gasteiger partial charge on any atom is -0.341 e. The summed E-state index contributed by atoms with van der Waals surface area (Å²) in [5.74, 6) is 0. The molecule has 6 heteroatoms. The number of nitrogens with one attached hydrogen (secondary N) is 4. The van der Waals surface area contributed by atoms with Crippen LogP contribution in [0.15, 0.2) is 0 Å². The van der Waals surface area contributed by atoms with Crippen molar-refractivity contribution in [1.82, 2.24) is 21.3 Å². The Labute approximate surface area is 71.1 Å². The van der Waals surface area contributed by atoms with Gasteiger partial charge in [-0.1, -0.05) is 0 Å². The predicted molar refractivity (Wildman–Crippen MR) is 44.7 cm³/mol. The summed E-state index contributed by atoms with van der Waals surface area (Å²) < 4.78 is 0. The van der Waals surface area contributed by atoms with E-state index in [1.54, 1.807) is 0 Å². The van der Waals surface area contributed by atoms with Crippen LogP contribution in [-0.4, -0.2) is 32.3 Å². The first kappa shape index (κ1) is 10.5. The van der Waals surface area contributed by atoms with Crippen LogP contribution in [0, 0.1) is 0 Å². The molecule has 12 heavy (non-hydrogen) atoms. The third-order valence-corrected chi connectivity index (χ3v) is 1.06. The first-order valence-corrected chi connectivity index (χ1v) is 3.68. The van der Waals surface area contributed by atoms with Gasteiger partial charge in [0.05, 0.1) is 6.67 Å². The van der Waals surface area contributed by atoms with Crippen LogP contribution >= 0.6 is 0 Å². The predicted octanol–water partition coefficient (Wildman–Crippen LogP) is -0.808. The molecular weight excluding hydrogens is 160 g/mol. The van der Waals surface area contributed by atoms with Crippen LogP contribution < -0.4 is 21.3 Å². The van der Waals surface area contributed by atoms with Gasteiger partial charge in [0.2, 0.25) is 0 Å². The summed E-state index contributed by atoms with van der Waals surface area (Å²) >= 11 is 0. The summed E-state index contributed by atoms with van der Waals surface area (Å²) in [5, 5.41) is 9.69. The van der Waals surface area contributed by atoms with Gasteiger partial charge in [0, 0.05) is 13.6 Å². The molecule has 0 aromatic carbocycles. The number of carbonyl (C=O) groups excluding carboxylic acids is 2. The molecule has 0 saturated heterocycles. The number of amides is 4. The van der Waals surface area contributed by atoms with Gasteiger partial charge in [-0.3, -0.25) is 0 Å². The number of urea groups is 2. The number of hydrogen-bond acceptors (Lipinski definition) is 2. The van der Waals surface area contributed by atoms with Crippen LogP contribution in [0.5, 0.6) is 0 Å². The van der Waals surface area contributed by atoms with Crippen LogP contribution in [0.3, 0.4) is 0 Å². The van der Waals surface area contributed by atoms with Crippen molar-refractivity contribution in [2.45, 2.75) is 6.92 Å². The van der Waals surface area contributed by atoms with Crippen molar-refractivity contribution in [3.8, 4) is 0 Å². The van der Waals surface area contributed by atoms with Gasteiger partial charge in [-0.15, -0.1) is 0 Å². The molecule has 0 aliphatic carbocycles. The van der Waals surface area contributed by atoms with Crippen LogP contribution in [0.2, 0.25) is 0 Å². The summed E-state index contributed by atoms with van der Waals surface area (Å²) in [7, 11) is 1.50. The minimum absolute atomic E-state index is 0.117. The van der Waals surface area contributed by atoms with Gasteiger partial charge in [-0.2, -0.15) is 0 Å². The monoisotopic (exact) mass is 174 g/mol. The van der Waals surface area contributed by atoms with Crippen LogP contribution in [0.4, 0.5) is 9.59 Å². The molecule has 0 atom stereocenters. The van der Waals surface area contributed by atoms with Crippen molar-refractivity contribution in [2.24, 2.45) is 0 Å². The molecule has 0 aromatic heterocycles. The summed E-state index contributed by atoms with van der Waals surface area (Å²) in [5.41, 5.74) is 0. The maximum Gasteiger partial charge on any atom is 0.316 e. The van der Waals surface area contributed by atoms with E-state index in [1.165, 1.54) is 7.05 Å². The fourth-order valence-electron chi connectivity index (χ4n) is 0.516. The summed E-state index contributed by atoms with van der Waals surface area (Å²) in [6.07, 6.45) is 0. The molecule has 0 rings (SSSR count). The largest absolute Gasteiger partial charge is 0.341 e. The van der Waals surface area contributed by atoms with Gasteiger partial charge in [-0.25, -0.2) is 9.59 Å². The van der Waals surface area contributed by atoms with Gasteiger partial charge >= 0.3 is 12.1 Å². The molecule has 4 N–H and O–H groups in total. The quantitative estimate of drug-likeness (QED) is 0.422. The standard InChI is InChI=1S/C6H14N4O2/c1-3-8-6(12)10-4-9-5(11)7-2/h3-4H2,1-2H3,(H2,7,9,11)(H2,8,10,12). The second kappa shape index (κ2) is 6.26. The lowest BCUT2D eigenvalue weighted by molar-refractivity contribution is 0.236. The Morgan fingerprint density at radius 3 is 2.17 bits per heavy atom. The molecule has 6 nitrogen and oxygen atoms in total. The van der Waals surface area contributed by atoms with Gasteiger partial charge in [-0.05, 0) is 6.92 Å². The van der Waals surface area contributed by atoms with Crippen molar-refractivity contribution >= 4 is 12.1 Å². The first-order valence-electron chi connectivity index (χ1n) is 3.68. The molecule has 0 aromatic rings. The molecule has 4 amide bonds. The molecule has 0 aliphatic heterocycles. The van der Waals surface area contributed by atoms with Gasteiger partial charge in [0.15, 0.2) is 0 Å². The molecule has 0 saturated carbocycles. The normalized spacial score (nSPS) is 8.50. The SMILES string of the molecule is CCNC(=O)NCNC(=O)NC. The lowest BCUT2D eigenvalue weighted by atomic mass is 10.7. The van der Waals surface area contributed by atoms with Crippen molar-refractivity contribution < 1.29 is 9.59 Å². The maximum atomic E-state index is 10.7. The zero-order chi connectivity index (χ0) is 9.40. The van der Waals surface area contributed by atoms with E-state index >= 15 is 0 Å². The van der Waals surface area contributed by atoms with Crippen molar-refractivity contribution in [3.05, 3.63) is 0 Å². The molecule has 70 valence electrons. The smallest absolute Gasteiger partial charge is 0.316 e. The highest BCUT2D eigenvalue weighted by molar-refractivity contribution is 5.76. The fraction of sp³-hybridized carbons (Fsp3) is 0.667. The minimum atomic E-state index is -0.327. The first-order chi connectivity index (χ1) is 5.70. The Balaban J connectivity index is 3.30. The van der Waals surface area contributed by atoms with E-state index in [4.69, 9.17) is 0 Å². The van der Waals surface area contributed by atoms with Gasteiger partial charge < -0.3 is 21.3 Å². The number of carbonyl (C=O) groups is 2. The number of hydrogen-bond donors (Lipinski definition) is 4. The molecule has 0 aliphatic rings. The lowest BCUT2D eigenvalue weighted by Crippen LogP contribution is -2.44. The average molecular weight is 174 g/mol. The molecule has 0 fully saturated rings. The zero-order valence-corrected chi connectivity index (χ0v) is 7.23. The van der Waals surface area contributed by atoms with Crippen molar-refractivity contribution in [3.63, 3.8) is 0 Å². The number of rotatable bonds is 3. The third-order valence-electron chi connectivity index (χ3n) is 1.06.